The molecule has 7 heteroatoms. The van der Waals surface area contributed by atoms with Gasteiger partial charge in [-0.15, -0.1) is 0 Å². The summed E-state index contributed by atoms with van der Waals surface area (Å²) >= 11 is 0. The highest BCUT2D eigenvalue weighted by Crippen LogP contribution is 2.41. The summed E-state index contributed by atoms with van der Waals surface area (Å²) in [6.45, 7) is 4.27. The van der Waals surface area contributed by atoms with Gasteiger partial charge in [0.15, 0.2) is 17.5 Å². The molecule has 318 valence electrons. The van der Waals surface area contributed by atoms with E-state index in [1.807, 2.05) is 66.7 Å². The molecule has 0 saturated heterocycles. The van der Waals surface area contributed by atoms with Crippen LogP contribution in [0.2, 0.25) is 0 Å². The van der Waals surface area contributed by atoms with Crippen LogP contribution in [0.1, 0.15) is 22.3 Å². The highest BCUT2D eigenvalue weighted by atomic mass is 15.1. The molecule has 12 rings (SSSR count). The van der Waals surface area contributed by atoms with E-state index < -0.39 is 0 Å². The van der Waals surface area contributed by atoms with E-state index in [0.29, 0.717) is 39.7 Å². The Kier molecular flexibility index (Phi) is 9.57. The normalized spacial score (nSPS) is 11.4. The van der Waals surface area contributed by atoms with E-state index in [2.05, 4.69) is 169 Å². The maximum atomic E-state index is 10.5. The minimum atomic E-state index is 0.388. The van der Waals surface area contributed by atoms with Gasteiger partial charge in [-0.25, -0.2) is 15.0 Å². The summed E-state index contributed by atoms with van der Waals surface area (Å²) in [5, 5.41) is 25.3. The molecular weight excluding hydrogens is 831 g/mol. The third-order valence-electron chi connectivity index (χ3n) is 13.1. The number of benzene rings is 9. The highest BCUT2D eigenvalue weighted by molar-refractivity contribution is 6.12. The van der Waals surface area contributed by atoms with Crippen LogP contribution in [0.5, 0.6) is 0 Å². The van der Waals surface area contributed by atoms with Crippen molar-refractivity contribution < 1.29 is 0 Å². The van der Waals surface area contributed by atoms with E-state index in [1.54, 1.807) is 0 Å². The Labute approximate surface area is 392 Å². The van der Waals surface area contributed by atoms with Gasteiger partial charge in [-0.3, -0.25) is 0 Å². The fourth-order valence-electron chi connectivity index (χ4n) is 9.88. The van der Waals surface area contributed by atoms with Gasteiger partial charge >= 0.3 is 0 Å². The van der Waals surface area contributed by atoms with E-state index in [4.69, 9.17) is 15.0 Å². The van der Waals surface area contributed by atoms with Crippen LogP contribution in [-0.2, 0) is 0 Å². The Morgan fingerprint density at radius 1 is 0.338 bits per heavy atom. The molecule has 0 fully saturated rings. The van der Waals surface area contributed by atoms with Gasteiger partial charge in [0.25, 0.3) is 0 Å². The van der Waals surface area contributed by atoms with Crippen molar-refractivity contribution in [3.05, 3.63) is 222 Å². The summed E-state index contributed by atoms with van der Waals surface area (Å²) < 4.78 is 4.53. The van der Waals surface area contributed by atoms with Crippen molar-refractivity contribution in [2.24, 2.45) is 0 Å². The third kappa shape index (κ3) is 6.61. The number of nitrogens with zero attached hydrogens (tertiary/aromatic N) is 7. The quantitative estimate of drug-likeness (QED) is 0.159. The lowest BCUT2D eigenvalue weighted by molar-refractivity contribution is 1.06. The molecule has 9 aromatic carbocycles. The number of hydrogen-bond acceptors (Lipinski definition) is 5. The molecule has 0 aliphatic carbocycles. The molecule has 3 heterocycles. The Balaban J connectivity index is 1.14. The van der Waals surface area contributed by atoms with Gasteiger partial charge in [0, 0.05) is 38.2 Å². The van der Waals surface area contributed by atoms with Crippen molar-refractivity contribution in [3.63, 3.8) is 0 Å². The predicted molar refractivity (Wildman–Crippen MR) is 275 cm³/mol. The maximum absolute atomic E-state index is 10.5. The zero-order valence-electron chi connectivity index (χ0n) is 37.2. The van der Waals surface area contributed by atoms with Crippen molar-refractivity contribution in [3.8, 4) is 79.9 Å². The number of hydrogen-bond donors (Lipinski definition) is 0. The molecule has 12 aromatic rings. The first-order valence-corrected chi connectivity index (χ1v) is 22.6. The lowest BCUT2D eigenvalue weighted by Crippen LogP contribution is -2.06. The largest absolute Gasteiger partial charge is 0.308 e. The summed E-state index contributed by atoms with van der Waals surface area (Å²) in [5.41, 5.74) is 15.6. The minimum absolute atomic E-state index is 0.388. The van der Waals surface area contributed by atoms with Crippen LogP contribution in [0.3, 0.4) is 0 Å². The van der Waals surface area contributed by atoms with E-state index >= 15 is 0 Å². The van der Waals surface area contributed by atoms with Gasteiger partial charge in [0.05, 0.1) is 56.7 Å². The van der Waals surface area contributed by atoms with Gasteiger partial charge in [0.1, 0.15) is 0 Å². The lowest BCUT2D eigenvalue weighted by Gasteiger charge is -2.17. The van der Waals surface area contributed by atoms with Crippen molar-refractivity contribution in [2.75, 3.05) is 0 Å². The van der Waals surface area contributed by atoms with Crippen LogP contribution in [0.15, 0.2) is 200 Å². The number of fused-ring (bicyclic) bond motifs is 6. The number of rotatable bonds is 7. The molecule has 0 N–H and O–H groups in total. The number of nitriles is 2. The smallest absolute Gasteiger partial charge is 0.166 e. The van der Waals surface area contributed by atoms with Crippen LogP contribution < -0.4 is 0 Å². The van der Waals surface area contributed by atoms with Crippen molar-refractivity contribution in [1.82, 2.24) is 24.1 Å². The van der Waals surface area contributed by atoms with Gasteiger partial charge in [-0.05, 0) is 108 Å². The Morgan fingerprint density at radius 3 is 1.22 bits per heavy atom. The van der Waals surface area contributed by atoms with Crippen LogP contribution in [-0.4, -0.2) is 24.1 Å². The first-order valence-electron chi connectivity index (χ1n) is 22.6. The molecule has 0 bridgehead atoms. The monoisotopic (exact) mass is 869 g/mol. The molecule has 7 nitrogen and oxygen atoms in total. The average molecular weight is 870 g/mol. The number of para-hydroxylation sites is 2. The SMILES string of the molecule is Cc1ccccc1-c1ccc2c3ccccc3n(-c3ccc(C#N)cc3-c3nc(-c4ccccc4)nc(-c4cc(C#N)ccc4-n4c5ccccc5c5ccc(-c6ccccc6C)cc54)n3)c2c1. The van der Waals surface area contributed by atoms with Gasteiger partial charge < -0.3 is 9.13 Å². The summed E-state index contributed by atoms with van der Waals surface area (Å²) in [5.74, 6) is 1.24. The average Bonchev–Trinajstić information content (AvgIpc) is 3.90. The van der Waals surface area contributed by atoms with Crippen molar-refractivity contribution >= 4 is 43.6 Å². The third-order valence-corrected chi connectivity index (χ3v) is 13.1. The molecule has 0 radical (unpaired) electrons. The second kappa shape index (κ2) is 16.2. The van der Waals surface area contributed by atoms with Gasteiger partial charge in [-0.1, -0.05) is 140 Å². The fraction of sp³-hybridized carbons (Fsp3) is 0.0328. The Bertz CT molecular complexity index is 3840. The molecule has 0 saturated carbocycles. The van der Waals surface area contributed by atoms with Crippen LogP contribution >= 0.6 is 0 Å². The summed E-state index contributed by atoms with van der Waals surface area (Å²) in [6, 6.07) is 73.1. The van der Waals surface area contributed by atoms with E-state index in [0.717, 1.165) is 82.8 Å². The first kappa shape index (κ1) is 40.1. The van der Waals surface area contributed by atoms with E-state index in [1.165, 1.54) is 11.1 Å². The number of aryl methyl sites for hydroxylation is 2. The molecule has 0 spiro atoms. The predicted octanol–water partition coefficient (Wildman–Crippen LogP) is 14.8. The highest BCUT2D eigenvalue weighted by Gasteiger charge is 2.24. The topological polar surface area (TPSA) is 96.1 Å². The first-order chi connectivity index (χ1) is 33.4. The standard InChI is InChI=1S/C61H39N7/c1-38-14-6-8-18-45(38)43-26-28-49-47-20-10-12-22-53(47)67(57(49)34-43)55-30-24-40(36-62)32-51(55)60-64-59(42-16-4-3-5-17-42)65-61(66-60)52-33-41(37-63)25-31-56(52)68-54-23-13-11-21-48(54)50-29-27-44(35-58(50)68)46-19-9-7-15-39(46)2/h3-35H,1-2H3. The van der Waals surface area contributed by atoms with Crippen LogP contribution in [0, 0.1) is 36.5 Å². The van der Waals surface area contributed by atoms with Gasteiger partial charge in [0.2, 0.25) is 0 Å². The van der Waals surface area contributed by atoms with Crippen molar-refractivity contribution in [2.45, 2.75) is 13.8 Å². The maximum Gasteiger partial charge on any atom is 0.166 e. The molecule has 68 heavy (non-hydrogen) atoms. The van der Waals surface area contributed by atoms with E-state index in [-0.39, 0.29) is 0 Å². The summed E-state index contributed by atoms with van der Waals surface area (Å²) in [4.78, 5) is 15.9. The van der Waals surface area contributed by atoms with Crippen LogP contribution in [0.25, 0.3) is 111 Å². The Morgan fingerprint density at radius 2 is 0.750 bits per heavy atom. The lowest BCUT2D eigenvalue weighted by atomic mass is 9.99. The van der Waals surface area contributed by atoms with Crippen LogP contribution in [0.4, 0.5) is 0 Å². The summed E-state index contributed by atoms with van der Waals surface area (Å²) in [6.07, 6.45) is 0. The minimum Gasteiger partial charge on any atom is -0.308 e. The molecule has 0 aliphatic heterocycles. The van der Waals surface area contributed by atoms with Crippen molar-refractivity contribution in [1.29, 1.82) is 10.5 Å². The molecule has 0 aliphatic rings. The second-order valence-corrected chi connectivity index (χ2v) is 17.2. The van der Waals surface area contributed by atoms with E-state index in [9.17, 15) is 10.5 Å². The molecular formula is C61H39N7. The zero-order chi connectivity index (χ0) is 45.9. The fourth-order valence-corrected chi connectivity index (χ4v) is 9.88. The second-order valence-electron chi connectivity index (χ2n) is 17.2. The molecule has 0 atom stereocenters. The molecule has 0 amide bonds. The zero-order valence-corrected chi connectivity index (χ0v) is 37.2. The summed E-state index contributed by atoms with van der Waals surface area (Å²) in [7, 11) is 0. The molecule has 0 unspecified atom stereocenters. The van der Waals surface area contributed by atoms with Gasteiger partial charge in [-0.2, -0.15) is 10.5 Å². The molecule has 3 aromatic heterocycles. The number of aromatic nitrogens is 5. The Hall–Kier alpha value is -9.43.